The second-order valence-corrected chi connectivity index (χ2v) is 8.42. The number of hydrogen-bond donors (Lipinski definition) is 0. The number of carbonyl (C=O) groups excluding carboxylic acids is 1. The molecule has 2 nitrogen and oxygen atoms in total. The lowest BCUT2D eigenvalue weighted by atomic mass is 9.65. The van der Waals surface area contributed by atoms with Gasteiger partial charge in [-0.05, 0) is 54.3 Å². The van der Waals surface area contributed by atoms with E-state index in [0.717, 1.165) is 19.3 Å². The zero-order valence-corrected chi connectivity index (χ0v) is 13.5. The molecule has 0 amide bonds. The quantitative estimate of drug-likeness (QED) is 0.697. The van der Waals surface area contributed by atoms with Crippen LogP contribution in [0, 0.1) is 34.5 Å². The third kappa shape index (κ3) is 2.26. The number of esters is 1. The van der Waals surface area contributed by atoms with Gasteiger partial charge in [-0.2, -0.15) is 13.2 Å². The molecule has 0 aromatic heterocycles. The molecular formula is C17H25F3O2. The number of ether oxygens (including phenoxy) is 1. The van der Waals surface area contributed by atoms with Crippen molar-refractivity contribution in [2.24, 2.45) is 34.5 Å². The van der Waals surface area contributed by atoms with E-state index in [2.05, 4.69) is 25.5 Å². The van der Waals surface area contributed by atoms with E-state index in [1.807, 2.05) is 0 Å². The minimum atomic E-state index is -4.89. The van der Waals surface area contributed by atoms with E-state index in [-0.39, 0.29) is 23.4 Å². The molecule has 3 fully saturated rings. The monoisotopic (exact) mass is 318 g/mol. The van der Waals surface area contributed by atoms with Gasteiger partial charge >= 0.3 is 12.1 Å². The first kappa shape index (κ1) is 16.1. The normalized spacial score (nSPS) is 43.0. The predicted molar refractivity (Wildman–Crippen MR) is 75.9 cm³/mol. The molecular weight excluding hydrogens is 293 g/mol. The van der Waals surface area contributed by atoms with E-state index in [0.29, 0.717) is 17.8 Å². The molecule has 0 heterocycles. The molecule has 3 saturated carbocycles. The largest absolute Gasteiger partial charge is 0.490 e. The van der Waals surface area contributed by atoms with Gasteiger partial charge in [-0.25, -0.2) is 4.79 Å². The Morgan fingerprint density at radius 2 is 1.86 bits per heavy atom. The van der Waals surface area contributed by atoms with E-state index in [9.17, 15) is 18.0 Å². The van der Waals surface area contributed by atoms with Gasteiger partial charge in [0.15, 0.2) is 0 Å². The van der Waals surface area contributed by atoms with Crippen LogP contribution in [0.4, 0.5) is 13.2 Å². The predicted octanol–water partition coefficient (Wildman–Crippen LogP) is 4.58. The van der Waals surface area contributed by atoms with E-state index >= 15 is 0 Å². The van der Waals surface area contributed by atoms with Gasteiger partial charge in [0.25, 0.3) is 0 Å². The molecule has 3 aliphatic rings. The minimum Gasteiger partial charge on any atom is -0.459 e. The van der Waals surface area contributed by atoms with Gasteiger partial charge in [0.1, 0.15) is 0 Å². The van der Waals surface area contributed by atoms with Crippen molar-refractivity contribution >= 4 is 5.97 Å². The first-order valence-electron chi connectivity index (χ1n) is 8.31. The molecule has 5 heteroatoms. The van der Waals surface area contributed by atoms with Gasteiger partial charge in [-0.1, -0.05) is 27.2 Å². The summed E-state index contributed by atoms with van der Waals surface area (Å²) in [5.41, 5.74) is 0.277. The topological polar surface area (TPSA) is 26.3 Å². The van der Waals surface area contributed by atoms with E-state index in [4.69, 9.17) is 0 Å². The van der Waals surface area contributed by atoms with Crippen LogP contribution < -0.4 is 0 Å². The molecule has 3 aliphatic carbocycles. The maximum absolute atomic E-state index is 12.4. The molecule has 3 rings (SSSR count). The van der Waals surface area contributed by atoms with Gasteiger partial charge in [0.2, 0.25) is 0 Å². The summed E-state index contributed by atoms with van der Waals surface area (Å²) in [7, 11) is 0. The fraction of sp³-hybridized carbons (Fsp3) is 0.941. The number of hydrogen-bond acceptors (Lipinski definition) is 2. The summed E-state index contributed by atoms with van der Waals surface area (Å²) in [5, 5.41) is 0. The molecule has 5 atom stereocenters. The summed E-state index contributed by atoms with van der Waals surface area (Å²) >= 11 is 0. The fourth-order valence-electron chi connectivity index (χ4n) is 6.13. The van der Waals surface area contributed by atoms with Gasteiger partial charge in [-0.3, -0.25) is 0 Å². The van der Waals surface area contributed by atoms with Crippen molar-refractivity contribution in [3.8, 4) is 0 Å². The lowest BCUT2D eigenvalue weighted by Crippen LogP contribution is -2.38. The van der Waals surface area contributed by atoms with Crippen LogP contribution in [0.15, 0.2) is 0 Å². The molecule has 0 saturated heterocycles. The van der Waals surface area contributed by atoms with Crippen LogP contribution in [0.5, 0.6) is 0 Å². The average Bonchev–Trinajstić information content (AvgIpc) is 2.87. The lowest BCUT2D eigenvalue weighted by Gasteiger charge is -2.41. The molecule has 0 aromatic rings. The summed E-state index contributed by atoms with van der Waals surface area (Å²) in [4.78, 5) is 11.1. The smallest absolute Gasteiger partial charge is 0.459 e. The Morgan fingerprint density at radius 3 is 2.50 bits per heavy atom. The summed E-state index contributed by atoms with van der Waals surface area (Å²) in [6.07, 6.45) is 0.718. The van der Waals surface area contributed by atoms with Gasteiger partial charge in [0.05, 0.1) is 6.61 Å². The Morgan fingerprint density at radius 1 is 1.18 bits per heavy atom. The van der Waals surface area contributed by atoms with Crippen LogP contribution >= 0.6 is 0 Å². The van der Waals surface area contributed by atoms with Crippen molar-refractivity contribution in [1.29, 1.82) is 0 Å². The first-order chi connectivity index (χ1) is 10.1. The van der Waals surface area contributed by atoms with Crippen LogP contribution in [0.25, 0.3) is 0 Å². The number of carbonyl (C=O) groups is 1. The van der Waals surface area contributed by atoms with Crippen LogP contribution in [-0.4, -0.2) is 18.8 Å². The minimum absolute atomic E-state index is 0.0350. The molecule has 0 radical (unpaired) electrons. The summed E-state index contributed by atoms with van der Waals surface area (Å²) in [6, 6.07) is 0. The second kappa shape index (κ2) is 4.88. The van der Waals surface area contributed by atoms with Crippen molar-refractivity contribution < 1.29 is 22.7 Å². The molecule has 4 bridgehead atoms. The van der Waals surface area contributed by atoms with Gasteiger partial charge in [0, 0.05) is 5.92 Å². The third-order valence-electron chi connectivity index (χ3n) is 6.98. The molecule has 22 heavy (non-hydrogen) atoms. The molecule has 126 valence electrons. The third-order valence-corrected chi connectivity index (χ3v) is 6.98. The molecule has 0 N–H and O–H groups in total. The number of rotatable bonds is 2. The highest BCUT2D eigenvalue weighted by atomic mass is 19.4. The summed E-state index contributed by atoms with van der Waals surface area (Å²) in [5.74, 6) is -0.405. The second-order valence-electron chi connectivity index (χ2n) is 8.42. The van der Waals surface area contributed by atoms with Crippen LogP contribution in [0.1, 0.15) is 52.9 Å². The lowest BCUT2D eigenvalue weighted by molar-refractivity contribution is -0.202. The van der Waals surface area contributed by atoms with Crippen molar-refractivity contribution in [2.45, 2.75) is 59.1 Å². The summed E-state index contributed by atoms with van der Waals surface area (Å²) in [6.45, 7) is 6.76. The zero-order chi connectivity index (χ0) is 16.3. The van der Waals surface area contributed by atoms with Crippen LogP contribution in [-0.2, 0) is 9.53 Å². The standard InChI is InChI=1S/C17H25F3O2/c1-15(2)7-4-8-16(3)11-6-5-10(13(11)15)12(16)9-22-14(21)17(18,19)20/h10-13H,4-9H2,1-3H3. The van der Waals surface area contributed by atoms with E-state index in [1.54, 1.807) is 0 Å². The molecule has 0 aromatic carbocycles. The van der Waals surface area contributed by atoms with Crippen molar-refractivity contribution in [3.63, 3.8) is 0 Å². The highest BCUT2D eigenvalue weighted by molar-refractivity contribution is 5.75. The first-order valence-corrected chi connectivity index (χ1v) is 8.31. The van der Waals surface area contributed by atoms with Crippen LogP contribution in [0.2, 0.25) is 0 Å². The Hall–Kier alpha value is -0.740. The SMILES string of the molecule is CC1(C)CCCC2(C)C(COC(=O)C(F)(F)F)C3CCC2C31. The Kier molecular flexibility index (Phi) is 3.57. The average molecular weight is 318 g/mol. The van der Waals surface area contributed by atoms with Gasteiger partial charge in [-0.15, -0.1) is 0 Å². The van der Waals surface area contributed by atoms with E-state index in [1.165, 1.54) is 12.8 Å². The Labute approximate surface area is 129 Å². The van der Waals surface area contributed by atoms with Crippen LogP contribution in [0.3, 0.4) is 0 Å². The maximum atomic E-state index is 12.4. The number of alkyl halides is 3. The fourth-order valence-corrected chi connectivity index (χ4v) is 6.13. The Bertz CT molecular complexity index is 471. The molecule has 0 aliphatic heterocycles. The van der Waals surface area contributed by atoms with Gasteiger partial charge < -0.3 is 4.74 Å². The molecule has 0 spiro atoms. The van der Waals surface area contributed by atoms with Crippen molar-refractivity contribution in [1.82, 2.24) is 0 Å². The maximum Gasteiger partial charge on any atom is 0.490 e. The summed E-state index contributed by atoms with van der Waals surface area (Å²) < 4.78 is 41.8. The number of halogens is 3. The van der Waals surface area contributed by atoms with Crippen molar-refractivity contribution in [2.75, 3.05) is 6.61 Å². The zero-order valence-electron chi connectivity index (χ0n) is 13.5. The highest BCUT2D eigenvalue weighted by Crippen LogP contribution is 2.70. The van der Waals surface area contributed by atoms with E-state index < -0.39 is 12.1 Å². The Balaban J connectivity index is 1.80. The highest BCUT2D eigenvalue weighted by Gasteiger charge is 2.65. The molecule has 5 unspecified atom stereocenters. The van der Waals surface area contributed by atoms with Crippen molar-refractivity contribution in [3.05, 3.63) is 0 Å².